The summed E-state index contributed by atoms with van der Waals surface area (Å²) in [5.41, 5.74) is 0.858. The SMILES string of the molecule is C[C@@H](NC(=O)O[C@@H]1CC[C@H](c2cc(Nc3cccnn3)n[nH]2)C1)C(F)(F)F. The number of alkyl carbamates (subject to hydrolysis) is 1. The summed E-state index contributed by atoms with van der Waals surface area (Å²) in [6, 6.07) is 3.37. The normalized spacial score (nSPS) is 20.9. The van der Waals surface area contributed by atoms with Crippen molar-refractivity contribution >= 4 is 17.7 Å². The number of aromatic nitrogens is 4. The Morgan fingerprint density at radius 1 is 1.37 bits per heavy atom. The van der Waals surface area contributed by atoms with E-state index in [9.17, 15) is 18.0 Å². The Morgan fingerprint density at radius 3 is 2.89 bits per heavy atom. The molecule has 0 unspecified atom stereocenters. The minimum absolute atomic E-state index is 0.0766. The van der Waals surface area contributed by atoms with Crippen LogP contribution in [0.25, 0.3) is 0 Å². The van der Waals surface area contributed by atoms with Crippen LogP contribution in [0.5, 0.6) is 0 Å². The molecule has 0 saturated heterocycles. The molecule has 0 aliphatic heterocycles. The highest BCUT2D eigenvalue weighted by Crippen LogP contribution is 2.36. The zero-order valence-corrected chi connectivity index (χ0v) is 14.5. The molecule has 0 spiro atoms. The predicted octanol–water partition coefficient (Wildman–Crippen LogP) is 3.26. The van der Waals surface area contributed by atoms with E-state index < -0.39 is 24.4 Å². The van der Waals surface area contributed by atoms with E-state index in [0.29, 0.717) is 24.5 Å². The Balaban J connectivity index is 1.50. The summed E-state index contributed by atoms with van der Waals surface area (Å²) >= 11 is 0. The van der Waals surface area contributed by atoms with E-state index in [1.54, 1.807) is 23.6 Å². The number of carbonyl (C=O) groups excluding carboxylic acids is 1. The average Bonchev–Trinajstić information content (AvgIpc) is 3.24. The van der Waals surface area contributed by atoms with Gasteiger partial charge in [0.1, 0.15) is 12.1 Å². The molecule has 0 radical (unpaired) electrons. The van der Waals surface area contributed by atoms with Crippen molar-refractivity contribution in [3.8, 4) is 0 Å². The highest BCUT2D eigenvalue weighted by Gasteiger charge is 2.38. The summed E-state index contributed by atoms with van der Waals surface area (Å²) in [6.07, 6.45) is -2.61. The van der Waals surface area contributed by atoms with E-state index in [-0.39, 0.29) is 5.92 Å². The number of rotatable bonds is 5. The van der Waals surface area contributed by atoms with Gasteiger partial charge in [0.2, 0.25) is 0 Å². The molecule has 1 fully saturated rings. The molecule has 0 bridgehead atoms. The maximum Gasteiger partial charge on any atom is 0.408 e. The molecular weight excluding hydrogens is 365 g/mol. The van der Waals surface area contributed by atoms with E-state index in [1.165, 1.54) is 0 Å². The summed E-state index contributed by atoms with van der Waals surface area (Å²) < 4.78 is 42.5. The molecule has 3 rings (SSSR count). The lowest BCUT2D eigenvalue weighted by Gasteiger charge is -2.19. The van der Waals surface area contributed by atoms with Crippen LogP contribution < -0.4 is 10.6 Å². The molecule has 3 atom stereocenters. The number of nitrogens with one attached hydrogen (secondary N) is 3. The third-order valence-corrected chi connectivity index (χ3v) is 4.35. The van der Waals surface area contributed by atoms with Crippen LogP contribution in [0.15, 0.2) is 24.4 Å². The molecular formula is C16H19F3N6O2. The number of aromatic amines is 1. The standard InChI is InChI=1S/C16H19F3N6O2/c1-9(16(17,18)19)21-15(26)27-11-5-4-10(7-11)12-8-14(25-23-12)22-13-3-2-6-20-24-13/h2-3,6,8-11H,4-5,7H2,1H3,(H,21,26)(H2,22,23,24,25)/t9-,10+,11-/m1/s1. The predicted molar refractivity (Wildman–Crippen MR) is 89.4 cm³/mol. The van der Waals surface area contributed by atoms with Gasteiger partial charge < -0.3 is 15.4 Å². The van der Waals surface area contributed by atoms with Crippen molar-refractivity contribution < 1.29 is 22.7 Å². The summed E-state index contributed by atoms with van der Waals surface area (Å²) in [5.74, 6) is 1.21. The fraction of sp³-hybridized carbons (Fsp3) is 0.500. The van der Waals surface area contributed by atoms with Crippen molar-refractivity contribution in [1.82, 2.24) is 25.7 Å². The first-order valence-corrected chi connectivity index (χ1v) is 8.45. The number of alkyl halides is 3. The summed E-state index contributed by atoms with van der Waals surface area (Å²) in [5, 5.41) is 19.6. The van der Waals surface area contributed by atoms with Crippen LogP contribution in [0.2, 0.25) is 0 Å². The average molecular weight is 384 g/mol. The number of carbonyl (C=O) groups is 1. The minimum Gasteiger partial charge on any atom is -0.446 e. The molecule has 146 valence electrons. The van der Waals surface area contributed by atoms with E-state index in [0.717, 1.165) is 19.0 Å². The van der Waals surface area contributed by atoms with Gasteiger partial charge in [0, 0.05) is 23.9 Å². The number of amides is 1. The van der Waals surface area contributed by atoms with E-state index in [1.807, 2.05) is 6.07 Å². The Morgan fingerprint density at radius 2 is 2.19 bits per heavy atom. The maximum absolute atomic E-state index is 12.5. The zero-order chi connectivity index (χ0) is 19.4. The lowest BCUT2D eigenvalue weighted by Crippen LogP contribution is -2.44. The Hall–Kier alpha value is -2.85. The van der Waals surface area contributed by atoms with Gasteiger partial charge in [-0.25, -0.2) is 4.79 Å². The van der Waals surface area contributed by atoms with Crippen molar-refractivity contribution in [2.75, 3.05) is 5.32 Å². The smallest absolute Gasteiger partial charge is 0.408 e. The largest absolute Gasteiger partial charge is 0.446 e. The van der Waals surface area contributed by atoms with E-state index in [4.69, 9.17) is 4.74 Å². The molecule has 2 heterocycles. The summed E-state index contributed by atoms with van der Waals surface area (Å²) in [7, 11) is 0. The van der Waals surface area contributed by atoms with Gasteiger partial charge in [-0.1, -0.05) is 0 Å². The van der Waals surface area contributed by atoms with Crippen molar-refractivity contribution in [3.63, 3.8) is 0 Å². The second-order valence-electron chi connectivity index (χ2n) is 6.39. The Kier molecular flexibility index (Phi) is 5.47. The molecule has 1 aliphatic rings. The zero-order valence-electron chi connectivity index (χ0n) is 14.5. The van der Waals surface area contributed by atoms with Crippen LogP contribution in [-0.2, 0) is 4.74 Å². The topological polar surface area (TPSA) is 105 Å². The third kappa shape index (κ3) is 5.08. The van der Waals surface area contributed by atoms with Crippen molar-refractivity contribution in [2.45, 2.75) is 50.4 Å². The van der Waals surface area contributed by atoms with Gasteiger partial charge in [-0.15, -0.1) is 5.10 Å². The van der Waals surface area contributed by atoms with Gasteiger partial charge in [0.15, 0.2) is 11.6 Å². The number of hydrogen-bond donors (Lipinski definition) is 3. The van der Waals surface area contributed by atoms with Gasteiger partial charge in [-0.3, -0.25) is 5.10 Å². The number of H-pyrrole nitrogens is 1. The molecule has 1 amide bonds. The number of ether oxygens (including phenoxy) is 1. The van der Waals surface area contributed by atoms with Crippen LogP contribution in [0.4, 0.5) is 29.6 Å². The monoisotopic (exact) mass is 384 g/mol. The van der Waals surface area contributed by atoms with Crippen molar-refractivity contribution in [3.05, 3.63) is 30.1 Å². The summed E-state index contributed by atoms with van der Waals surface area (Å²) in [6.45, 7) is 0.870. The van der Waals surface area contributed by atoms with Gasteiger partial charge >= 0.3 is 12.3 Å². The number of anilines is 2. The van der Waals surface area contributed by atoms with Gasteiger partial charge in [0.05, 0.1) is 0 Å². The van der Waals surface area contributed by atoms with Crippen LogP contribution in [0.3, 0.4) is 0 Å². The molecule has 1 saturated carbocycles. The van der Waals surface area contributed by atoms with Crippen LogP contribution in [0.1, 0.15) is 37.8 Å². The van der Waals surface area contributed by atoms with Crippen molar-refractivity contribution in [1.29, 1.82) is 0 Å². The molecule has 2 aromatic heterocycles. The van der Waals surface area contributed by atoms with Crippen molar-refractivity contribution in [2.24, 2.45) is 0 Å². The summed E-state index contributed by atoms with van der Waals surface area (Å²) in [4.78, 5) is 11.6. The lowest BCUT2D eigenvalue weighted by atomic mass is 10.0. The van der Waals surface area contributed by atoms with E-state index in [2.05, 4.69) is 25.7 Å². The molecule has 1 aliphatic carbocycles. The molecule has 8 nitrogen and oxygen atoms in total. The van der Waals surface area contributed by atoms with Gasteiger partial charge in [0.25, 0.3) is 0 Å². The number of nitrogens with zero attached hydrogens (tertiary/aromatic N) is 3. The fourth-order valence-corrected chi connectivity index (χ4v) is 2.88. The van der Waals surface area contributed by atoms with Gasteiger partial charge in [-0.2, -0.15) is 23.4 Å². The number of halogens is 3. The second-order valence-corrected chi connectivity index (χ2v) is 6.39. The Labute approximate surface area is 152 Å². The maximum atomic E-state index is 12.5. The molecule has 27 heavy (non-hydrogen) atoms. The third-order valence-electron chi connectivity index (χ3n) is 4.35. The highest BCUT2D eigenvalue weighted by atomic mass is 19.4. The molecule has 3 N–H and O–H groups in total. The first-order chi connectivity index (χ1) is 12.8. The van der Waals surface area contributed by atoms with Crippen LogP contribution in [-0.4, -0.2) is 44.8 Å². The Bertz CT molecular complexity index is 767. The molecule has 2 aromatic rings. The fourth-order valence-electron chi connectivity index (χ4n) is 2.88. The first-order valence-electron chi connectivity index (χ1n) is 8.45. The minimum atomic E-state index is -4.50. The number of hydrogen-bond acceptors (Lipinski definition) is 6. The quantitative estimate of drug-likeness (QED) is 0.731. The van der Waals surface area contributed by atoms with E-state index >= 15 is 0 Å². The van der Waals surface area contributed by atoms with Crippen LogP contribution in [0, 0.1) is 0 Å². The lowest BCUT2D eigenvalue weighted by molar-refractivity contribution is -0.150. The highest BCUT2D eigenvalue weighted by molar-refractivity contribution is 5.67. The van der Waals surface area contributed by atoms with Gasteiger partial charge in [-0.05, 0) is 38.3 Å². The molecule has 11 heteroatoms. The second kappa shape index (κ2) is 7.80. The molecule has 0 aromatic carbocycles. The van der Waals surface area contributed by atoms with Crippen LogP contribution >= 0.6 is 0 Å². The first kappa shape index (κ1) is 18.9.